The molecule has 0 bridgehead atoms. The second-order valence-electron chi connectivity index (χ2n) is 6.37. The molecule has 0 radical (unpaired) electrons. The fourth-order valence-corrected chi connectivity index (χ4v) is 2.86. The zero-order valence-corrected chi connectivity index (χ0v) is 15.8. The van der Waals surface area contributed by atoms with Gasteiger partial charge >= 0.3 is 0 Å². The molecule has 0 spiro atoms. The van der Waals surface area contributed by atoms with Crippen molar-refractivity contribution in [2.24, 2.45) is 0 Å². The third-order valence-electron chi connectivity index (χ3n) is 4.31. The normalized spacial score (nSPS) is 11.7. The van der Waals surface area contributed by atoms with Gasteiger partial charge in [0.25, 0.3) is 11.8 Å². The van der Waals surface area contributed by atoms with Crippen LogP contribution in [0.15, 0.2) is 54.6 Å². The van der Waals surface area contributed by atoms with Crippen LogP contribution in [0.4, 0.5) is 5.69 Å². The highest BCUT2D eigenvalue weighted by Gasteiger charge is 2.17. The van der Waals surface area contributed by atoms with Crippen LogP contribution in [0.5, 0.6) is 0 Å². The first-order chi connectivity index (χ1) is 12.5. The number of carbonyl (C=O) groups is 2. The molecule has 0 heterocycles. The van der Waals surface area contributed by atoms with Crippen molar-refractivity contribution >= 4 is 17.5 Å². The highest BCUT2D eigenvalue weighted by Crippen LogP contribution is 2.20. The SMILES string of the molecule is CCN(CC)C(=O)C[NH+](C)CC(=O)Nc1ccc(-c2ccccc2)cc1. The number of rotatable bonds is 8. The number of anilines is 1. The Morgan fingerprint density at radius 3 is 2.04 bits per heavy atom. The van der Waals surface area contributed by atoms with Gasteiger partial charge in [0.2, 0.25) is 0 Å². The lowest BCUT2D eigenvalue weighted by Crippen LogP contribution is -3.11. The van der Waals surface area contributed by atoms with Crippen LogP contribution >= 0.6 is 0 Å². The Labute approximate surface area is 155 Å². The molecule has 2 amide bonds. The van der Waals surface area contributed by atoms with E-state index in [9.17, 15) is 9.59 Å². The molecule has 0 aliphatic carbocycles. The van der Waals surface area contributed by atoms with Crippen LogP contribution in [0.25, 0.3) is 11.1 Å². The molecule has 2 rings (SSSR count). The first-order valence-electron chi connectivity index (χ1n) is 9.07. The van der Waals surface area contributed by atoms with Crippen molar-refractivity contribution < 1.29 is 14.5 Å². The van der Waals surface area contributed by atoms with Gasteiger partial charge in [-0.2, -0.15) is 0 Å². The van der Waals surface area contributed by atoms with E-state index in [1.54, 1.807) is 4.90 Å². The fraction of sp³-hybridized carbons (Fsp3) is 0.333. The molecule has 0 saturated heterocycles. The molecule has 0 saturated carbocycles. The van der Waals surface area contributed by atoms with E-state index in [2.05, 4.69) is 17.4 Å². The predicted molar refractivity (Wildman–Crippen MR) is 105 cm³/mol. The molecule has 2 aromatic carbocycles. The summed E-state index contributed by atoms with van der Waals surface area (Å²) >= 11 is 0. The molecule has 2 aromatic rings. The van der Waals surface area contributed by atoms with Crippen LogP contribution in [0.1, 0.15) is 13.8 Å². The number of hydrogen-bond acceptors (Lipinski definition) is 2. The molecular weight excluding hydrogens is 326 g/mol. The van der Waals surface area contributed by atoms with Crippen LogP contribution in [-0.4, -0.2) is 49.9 Å². The molecule has 26 heavy (non-hydrogen) atoms. The molecule has 1 atom stereocenters. The molecule has 138 valence electrons. The quantitative estimate of drug-likeness (QED) is 0.758. The van der Waals surface area contributed by atoms with Gasteiger partial charge in [-0.15, -0.1) is 0 Å². The van der Waals surface area contributed by atoms with Crippen molar-refractivity contribution in [3.8, 4) is 11.1 Å². The van der Waals surface area contributed by atoms with Gasteiger partial charge in [-0.25, -0.2) is 0 Å². The first-order valence-corrected chi connectivity index (χ1v) is 9.07. The van der Waals surface area contributed by atoms with E-state index in [0.29, 0.717) is 19.6 Å². The molecule has 1 unspecified atom stereocenters. The number of likely N-dealkylation sites (N-methyl/N-ethyl adjacent to an activating group) is 2. The lowest BCUT2D eigenvalue weighted by atomic mass is 10.1. The summed E-state index contributed by atoms with van der Waals surface area (Å²) in [5.41, 5.74) is 3.01. The van der Waals surface area contributed by atoms with Crippen molar-refractivity contribution in [3.05, 3.63) is 54.6 Å². The summed E-state index contributed by atoms with van der Waals surface area (Å²) in [4.78, 5) is 27.0. The maximum absolute atomic E-state index is 12.2. The molecule has 0 aliphatic rings. The smallest absolute Gasteiger partial charge is 0.279 e. The maximum Gasteiger partial charge on any atom is 0.279 e. The zero-order chi connectivity index (χ0) is 18.9. The minimum atomic E-state index is -0.0951. The molecule has 5 nitrogen and oxygen atoms in total. The third kappa shape index (κ3) is 5.70. The number of quaternary nitrogens is 1. The molecule has 0 fully saturated rings. The van der Waals surface area contributed by atoms with Crippen LogP contribution in [0.3, 0.4) is 0 Å². The molecule has 2 N–H and O–H groups in total. The van der Waals surface area contributed by atoms with E-state index in [-0.39, 0.29) is 18.4 Å². The minimum absolute atomic E-state index is 0.0764. The van der Waals surface area contributed by atoms with E-state index >= 15 is 0 Å². The van der Waals surface area contributed by atoms with E-state index in [1.165, 1.54) is 0 Å². The van der Waals surface area contributed by atoms with Crippen molar-refractivity contribution in [3.63, 3.8) is 0 Å². The van der Waals surface area contributed by atoms with Crippen LogP contribution in [0, 0.1) is 0 Å². The molecule has 5 heteroatoms. The summed E-state index contributed by atoms with van der Waals surface area (Å²) in [5, 5.41) is 2.90. The van der Waals surface area contributed by atoms with Gasteiger partial charge in [0.1, 0.15) is 0 Å². The van der Waals surface area contributed by atoms with E-state index < -0.39 is 0 Å². The van der Waals surface area contributed by atoms with E-state index in [0.717, 1.165) is 21.7 Å². The number of carbonyl (C=O) groups excluding carboxylic acids is 2. The average Bonchev–Trinajstić information content (AvgIpc) is 2.63. The largest absolute Gasteiger partial charge is 0.338 e. The number of nitrogens with one attached hydrogen (secondary N) is 2. The summed E-state index contributed by atoms with van der Waals surface area (Å²) in [6.45, 7) is 5.89. The van der Waals surface area contributed by atoms with E-state index in [1.807, 2.05) is 63.4 Å². The fourth-order valence-electron chi connectivity index (χ4n) is 2.86. The summed E-state index contributed by atoms with van der Waals surface area (Å²) in [6, 6.07) is 17.9. The van der Waals surface area contributed by atoms with Gasteiger partial charge in [-0.05, 0) is 37.1 Å². The number of amides is 2. The van der Waals surface area contributed by atoms with Crippen molar-refractivity contribution in [2.75, 3.05) is 38.5 Å². The Bertz CT molecular complexity index is 710. The molecule has 0 aromatic heterocycles. The van der Waals surface area contributed by atoms with Crippen molar-refractivity contribution in [2.45, 2.75) is 13.8 Å². The lowest BCUT2D eigenvalue weighted by molar-refractivity contribution is -0.862. The monoisotopic (exact) mass is 354 g/mol. The first kappa shape index (κ1) is 19.7. The van der Waals surface area contributed by atoms with Gasteiger partial charge in [0.15, 0.2) is 13.1 Å². The number of benzene rings is 2. The molecule has 0 aliphatic heterocycles. The number of nitrogens with zero attached hydrogens (tertiary/aromatic N) is 1. The highest BCUT2D eigenvalue weighted by molar-refractivity contribution is 5.91. The Balaban J connectivity index is 1.86. The Hall–Kier alpha value is -2.66. The van der Waals surface area contributed by atoms with Crippen LogP contribution < -0.4 is 10.2 Å². The van der Waals surface area contributed by atoms with Crippen LogP contribution in [-0.2, 0) is 9.59 Å². The summed E-state index contributed by atoms with van der Waals surface area (Å²) in [5.74, 6) is -0.0187. The Morgan fingerprint density at radius 1 is 0.885 bits per heavy atom. The zero-order valence-electron chi connectivity index (χ0n) is 15.8. The van der Waals surface area contributed by atoms with Crippen molar-refractivity contribution in [1.82, 2.24) is 4.90 Å². The number of hydrogen-bond donors (Lipinski definition) is 2. The van der Waals surface area contributed by atoms with Gasteiger partial charge in [0.05, 0.1) is 7.05 Å². The standard InChI is InChI=1S/C21H27N3O2/c1-4-24(5-2)21(26)16-23(3)15-20(25)22-19-13-11-18(12-14-19)17-9-7-6-8-10-17/h6-14H,4-5,15-16H2,1-3H3,(H,22,25)/p+1. The van der Waals surface area contributed by atoms with Gasteiger partial charge in [-0.3, -0.25) is 9.59 Å². The van der Waals surface area contributed by atoms with Gasteiger partial charge in [0, 0.05) is 18.8 Å². The minimum Gasteiger partial charge on any atom is -0.338 e. The van der Waals surface area contributed by atoms with Gasteiger partial charge < -0.3 is 15.1 Å². The van der Waals surface area contributed by atoms with E-state index in [4.69, 9.17) is 0 Å². The highest BCUT2D eigenvalue weighted by atomic mass is 16.2. The third-order valence-corrected chi connectivity index (χ3v) is 4.31. The summed E-state index contributed by atoms with van der Waals surface area (Å²) < 4.78 is 0. The topological polar surface area (TPSA) is 53.9 Å². The Kier molecular flexibility index (Phi) is 7.36. The summed E-state index contributed by atoms with van der Waals surface area (Å²) in [7, 11) is 1.86. The van der Waals surface area contributed by atoms with Crippen molar-refractivity contribution in [1.29, 1.82) is 0 Å². The summed E-state index contributed by atoms with van der Waals surface area (Å²) in [6.07, 6.45) is 0. The predicted octanol–water partition coefficient (Wildman–Crippen LogP) is 1.68. The van der Waals surface area contributed by atoms with Gasteiger partial charge in [-0.1, -0.05) is 42.5 Å². The van der Waals surface area contributed by atoms with Crippen LogP contribution in [0.2, 0.25) is 0 Å². The Morgan fingerprint density at radius 2 is 1.46 bits per heavy atom. The molecular formula is C21H28N3O2+. The maximum atomic E-state index is 12.2. The average molecular weight is 354 g/mol. The second kappa shape index (κ2) is 9.73. The lowest BCUT2D eigenvalue weighted by Gasteiger charge is -2.20. The second-order valence-corrected chi connectivity index (χ2v) is 6.37.